The van der Waals surface area contributed by atoms with E-state index in [-0.39, 0.29) is 11.7 Å². The van der Waals surface area contributed by atoms with Gasteiger partial charge in [0.25, 0.3) is 0 Å². The Hall–Kier alpha value is -2.54. The predicted molar refractivity (Wildman–Crippen MR) is 120 cm³/mol. The molecule has 1 aliphatic heterocycles. The van der Waals surface area contributed by atoms with Gasteiger partial charge in [0, 0.05) is 31.9 Å². The Morgan fingerprint density at radius 2 is 1.70 bits per heavy atom. The van der Waals surface area contributed by atoms with Crippen LogP contribution in [0.25, 0.3) is 0 Å². The number of aryl methyl sites for hydroxylation is 1. The summed E-state index contributed by atoms with van der Waals surface area (Å²) in [6.07, 6.45) is 2.05. The fraction of sp³-hybridized carbons (Fsp3) is 0.435. The Bertz CT molecular complexity index is 914. The minimum Gasteiger partial charge on any atom is -0.497 e. The molecule has 2 aromatic carbocycles. The summed E-state index contributed by atoms with van der Waals surface area (Å²) in [7, 11) is -1.77. The average molecular weight is 431 g/mol. The van der Waals surface area contributed by atoms with Gasteiger partial charge in [0.05, 0.1) is 12.9 Å². The number of sulfone groups is 1. The van der Waals surface area contributed by atoms with Crippen LogP contribution in [0.3, 0.4) is 0 Å². The van der Waals surface area contributed by atoms with Crippen molar-refractivity contribution in [1.29, 1.82) is 0 Å². The minimum absolute atomic E-state index is 0.0411. The van der Waals surface area contributed by atoms with Crippen molar-refractivity contribution in [2.24, 2.45) is 0 Å². The number of nitrogens with zero attached hydrogens (tertiary/aromatic N) is 2. The van der Waals surface area contributed by atoms with E-state index in [2.05, 4.69) is 4.90 Å². The van der Waals surface area contributed by atoms with E-state index in [0.717, 1.165) is 30.0 Å². The Morgan fingerprint density at radius 3 is 2.40 bits per heavy atom. The predicted octanol–water partition coefficient (Wildman–Crippen LogP) is 2.78. The number of benzene rings is 2. The lowest BCUT2D eigenvalue weighted by atomic mass is 10.1. The number of carbonyl (C=O) groups excluding carboxylic acids is 1. The van der Waals surface area contributed by atoms with Crippen LogP contribution in [0.2, 0.25) is 0 Å². The van der Waals surface area contributed by atoms with Gasteiger partial charge in [-0.05, 0) is 49.1 Å². The highest BCUT2D eigenvalue weighted by molar-refractivity contribution is 7.92. The largest absolute Gasteiger partial charge is 0.497 e. The van der Waals surface area contributed by atoms with Gasteiger partial charge in [0.15, 0.2) is 9.84 Å². The highest BCUT2D eigenvalue weighted by atomic mass is 32.2. The quantitative estimate of drug-likeness (QED) is 0.644. The fourth-order valence-corrected chi connectivity index (χ4v) is 5.00. The second kappa shape index (κ2) is 10.5. The van der Waals surface area contributed by atoms with Gasteiger partial charge in [0.1, 0.15) is 11.5 Å². The number of ether oxygens (including phenoxy) is 1. The van der Waals surface area contributed by atoms with Gasteiger partial charge in [-0.1, -0.05) is 30.3 Å². The molecule has 1 saturated heterocycles. The van der Waals surface area contributed by atoms with Gasteiger partial charge in [0.2, 0.25) is 5.91 Å². The average Bonchev–Trinajstić information content (AvgIpc) is 3.00. The number of anilines is 1. The van der Waals surface area contributed by atoms with Crippen molar-refractivity contribution >= 4 is 21.4 Å². The number of hydrogen-bond donors (Lipinski definition) is 0. The molecule has 3 rings (SSSR count). The lowest BCUT2D eigenvalue weighted by molar-refractivity contribution is -0.128. The second-order valence-electron chi connectivity index (χ2n) is 7.60. The standard InChI is InChI=1S/C23H30N2O4S/c1-29-22-12-10-21(11-13-22)24-14-6-15-25(17-16-24)23(26)19-30(27,28)18-5-9-20-7-3-2-4-8-20/h2-4,7-8,10-13H,5-6,9,14-19H2,1H3. The van der Waals surface area contributed by atoms with Crippen LogP contribution in [-0.4, -0.2) is 64.0 Å². The van der Waals surface area contributed by atoms with Crippen LogP contribution >= 0.6 is 0 Å². The highest BCUT2D eigenvalue weighted by Gasteiger charge is 2.24. The maximum atomic E-state index is 12.6. The normalized spacial score (nSPS) is 15.0. The third kappa shape index (κ3) is 6.49. The molecule has 7 heteroatoms. The van der Waals surface area contributed by atoms with Crippen LogP contribution in [-0.2, 0) is 21.1 Å². The maximum Gasteiger partial charge on any atom is 0.237 e. The van der Waals surface area contributed by atoms with E-state index in [1.165, 1.54) is 0 Å². The van der Waals surface area contributed by atoms with Crippen molar-refractivity contribution < 1.29 is 17.9 Å². The zero-order valence-electron chi connectivity index (χ0n) is 17.5. The first-order chi connectivity index (χ1) is 14.5. The molecule has 0 aliphatic carbocycles. The number of hydrogen-bond acceptors (Lipinski definition) is 5. The van der Waals surface area contributed by atoms with Crippen molar-refractivity contribution in [3.8, 4) is 5.75 Å². The van der Waals surface area contributed by atoms with E-state index in [1.807, 2.05) is 54.6 Å². The van der Waals surface area contributed by atoms with Crippen LogP contribution in [0.5, 0.6) is 5.75 Å². The summed E-state index contributed by atoms with van der Waals surface area (Å²) in [5, 5.41) is 0. The molecular weight excluding hydrogens is 400 g/mol. The van der Waals surface area contributed by atoms with E-state index in [4.69, 9.17) is 4.74 Å². The molecule has 1 fully saturated rings. The van der Waals surface area contributed by atoms with Crippen molar-refractivity contribution in [2.45, 2.75) is 19.3 Å². The lowest BCUT2D eigenvalue weighted by Gasteiger charge is -2.24. The van der Waals surface area contributed by atoms with Crippen LogP contribution < -0.4 is 9.64 Å². The molecule has 0 atom stereocenters. The Balaban J connectivity index is 1.48. The maximum absolute atomic E-state index is 12.6. The molecule has 0 radical (unpaired) electrons. The monoisotopic (exact) mass is 430 g/mol. The molecule has 1 aliphatic rings. The third-order valence-electron chi connectivity index (χ3n) is 5.39. The molecule has 2 aromatic rings. The molecule has 30 heavy (non-hydrogen) atoms. The summed E-state index contributed by atoms with van der Waals surface area (Å²) < 4.78 is 30.1. The van der Waals surface area contributed by atoms with Crippen LogP contribution in [0.1, 0.15) is 18.4 Å². The Labute approximate surface area is 179 Å². The number of methoxy groups -OCH3 is 1. The van der Waals surface area contributed by atoms with Crippen molar-refractivity contribution in [3.63, 3.8) is 0 Å². The van der Waals surface area contributed by atoms with Crippen LogP contribution in [0.4, 0.5) is 5.69 Å². The SMILES string of the molecule is COc1ccc(N2CCCN(C(=O)CS(=O)(=O)CCCc3ccccc3)CC2)cc1. The summed E-state index contributed by atoms with van der Waals surface area (Å²) in [5.41, 5.74) is 2.20. The smallest absolute Gasteiger partial charge is 0.237 e. The third-order valence-corrected chi connectivity index (χ3v) is 6.99. The van der Waals surface area contributed by atoms with E-state index in [1.54, 1.807) is 12.0 Å². The molecule has 0 N–H and O–H groups in total. The molecular formula is C23H30N2O4S. The van der Waals surface area contributed by atoms with Gasteiger partial charge < -0.3 is 14.5 Å². The van der Waals surface area contributed by atoms with Crippen molar-refractivity contribution in [2.75, 3.05) is 49.7 Å². The van der Waals surface area contributed by atoms with Crippen LogP contribution in [0.15, 0.2) is 54.6 Å². The van der Waals surface area contributed by atoms with Crippen molar-refractivity contribution in [1.82, 2.24) is 4.90 Å². The molecule has 1 amide bonds. The molecule has 0 aromatic heterocycles. The topological polar surface area (TPSA) is 66.9 Å². The van der Waals surface area contributed by atoms with Gasteiger partial charge in [-0.3, -0.25) is 4.79 Å². The van der Waals surface area contributed by atoms with E-state index in [0.29, 0.717) is 32.5 Å². The molecule has 0 bridgehead atoms. The molecule has 6 nitrogen and oxygen atoms in total. The Morgan fingerprint density at radius 1 is 0.967 bits per heavy atom. The zero-order chi connectivity index (χ0) is 21.4. The number of amides is 1. The lowest BCUT2D eigenvalue weighted by Crippen LogP contribution is -2.39. The highest BCUT2D eigenvalue weighted by Crippen LogP contribution is 2.20. The first-order valence-electron chi connectivity index (χ1n) is 10.4. The van der Waals surface area contributed by atoms with Crippen LogP contribution in [0, 0.1) is 0 Å². The van der Waals surface area contributed by atoms with E-state index >= 15 is 0 Å². The van der Waals surface area contributed by atoms with Gasteiger partial charge >= 0.3 is 0 Å². The molecule has 0 saturated carbocycles. The molecule has 0 spiro atoms. The van der Waals surface area contributed by atoms with E-state index < -0.39 is 15.6 Å². The fourth-order valence-electron chi connectivity index (χ4n) is 3.71. The van der Waals surface area contributed by atoms with E-state index in [9.17, 15) is 13.2 Å². The summed E-state index contributed by atoms with van der Waals surface area (Å²) in [6, 6.07) is 17.7. The minimum atomic E-state index is -3.40. The van der Waals surface area contributed by atoms with Gasteiger partial charge in [-0.25, -0.2) is 8.42 Å². The molecule has 162 valence electrons. The summed E-state index contributed by atoms with van der Waals surface area (Å²) in [5.74, 6) is 0.165. The molecule has 1 heterocycles. The first-order valence-corrected chi connectivity index (χ1v) is 12.2. The Kier molecular flexibility index (Phi) is 7.74. The number of rotatable bonds is 8. The van der Waals surface area contributed by atoms with Gasteiger partial charge in [-0.2, -0.15) is 0 Å². The van der Waals surface area contributed by atoms with Crippen molar-refractivity contribution in [3.05, 3.63) is 60.2 Å². The molecule has 0 unspecified atom stereocenters. The summed E-state index contributed by atoms with van der Waals surface area (Å²) >= 11 is 0. The zero-order valence-corrected chi connectivity index (χ0v) is 18.3. The second-order valence-corrected chi connectivity index (χ2v) is 9.78. The summed E-state index contributed by atoms with van der Waals surface area (Å²) in [4.78, 5) is 16.6. The summed E-state index contributed by atoms with van der Waals surface area (Å²) in [6.45, 7) is 2.64. The first kappa shape index (κ1) is 22.2. The van der Waals surface area contributed by atoms with Gasteiger partial charge in [-0.15, -0.1) is 0 Å². The number of carbonyl (C=O) groups is 1.